The number of aryl methyl sites for hydroxylation is 1. The summed E-state index contributed by atoms with van der Waals surface area (Å²) < 4.78 is 24.9. The summed E-state index contributed by atoms with van der Waals surface area (Å²) in [7, 11) is -3.72. The number of sulfonamides is 1. The minimum atomic E-state index is -3.72. The molecule has 2 N–H and O–H groups in total. The van der Waals surface area contributed by atoms with Gasteiger partial charge in [-0.2, -0.15) is 18.6 Å². The lowest BCUT2D eigenvalue weighted by molar-refractivity contribution is 0.584. The zero-order valence-corrected chi connectivity index (χ0v) is 17.0. The molecule has 1 heterocycles. The largest absolute Gasteiger partial charge is 0.277 e. The van der Waals surface area contributed by atoms with Gasteiger partial charge in [0.2, 0.25) is 0 Å². The molecule has 0 fully saturated rings. The van der Waals surface area contributed by atoms with E-state index >= 15 is 0 Å². The highest BCUT2D eigenvalue weighted by Crippen LogP contribution is 2.20. The van der Waals surface area contributed by atoms with E-state index < -0.39 is 10.0 Å². The number of H-pyrrole nitrogens is 1. The van der Waals surface area contributed by atoms with Crippen molar-refractivity contribution in [1.82, 2.24) is 15.0 Å². The Morgan fingerprint density at radius 3 is 2.43 bits per heavy atom. The molecule has 1 aromatic heterocycles. The Labute approximate surface area is 165 Å². The molecule has 0 atom stereocenters. The third kappa shape index (κ3) is 4.86. The van der Waals surface area contributed by atoms with Crippen LogP contribution in [0.15, 0.2) is 64.7 Å². The third-order valence-corrected chi connectivity index (χ3v) is 5.50. The van der Waals surface area contributed by atoms with Crippen LogP contribution < -0.4 is 4.83 Å². The molecule has 0 bridgehead atoms. The van der Waals surface area contributed by atoms with Crippen molar-refractivity contribution in [2.24, 2.45) is 11.0 Å². The van der Waals surface area contributed by atoms with Crippen LogP contribution in [0, 0.1) is 12.8 Å². The fourth-order valence-electron chi connectivity index (χ4n) is 2.84. The van der Waals surface area contributed by atoms with E-state index in [1.165, 1.54) is 6.21 Å². The first kappa shape index (κ1) is 19.8. The highest BCUT2D eigenvalue weighted by Gasteiger charge is 2.13. The fraction of sp³-hybridized carbons (Fsp3) is 0.238. The van der Waals surface area contributed by atoms with Crippen molar-refractivity contribution < 1.29 is 8.42 Å². The predicted octanol–water partition coefficient (Wildman–Crippen LogP) is 3.90. The molecule has 6 nitrogen and oxygen atoms in total. The highest BCUT2D eigenvalue weighted by molar-refractivity contribution is 7.89. The minimum absolute atomic E-state index is 0.183. The quantitative estimate of drug-likeness (QED) is 0.469. The number of benzene rings is 2. The van der Waals surface area contributed by atoms with Crippen LogP contribution in [-0.2, 0) is 16.4 Å². The topological polar surface area (TPSA) is 87.2 Å². The van der Waals surface area contributed by atoms with Crippen LogP contribution in [0.5, 0.6) is 0 Å². The molecular weight excluding hydrogens is 372 g/mol. The van der Waals surface area contributed by atoms with Crippen molar-refractivity contribution in [1.29, 1.82) is 0 Å². The molecule has 2 aromatic carbocycles. The molecule has 0 aliphatic carbocycles. The van der Waals surface area contributed by atoms with Gasteiger partial charge in [0.1, 0.15) is 0 Å². The SMILES string of the molecule is Cc1ccc(-c2[nH]ncc2/C=N/NS(=O)(=O)c2ccc(CC(C)C)cc2)cc1. The highest BCUT2D eigenvalue weighted by atomic mass is 32.2. The van der Waals surface area contributed by atoms with Crippen LogP contribution in [0.4, 0.5) is 0 Å². The van der Waals surface area contributed by atoms with Gasteiger partial charge in [-0.05, 0) is 37.0 Å². The predicted molar refractivity (Wildman–Crippen MR) is 112 cm³/mol. The molecule has 0 spiro atoms. The van der Waals surface area contributed by atoms with E-state index in [0.29, 0.717) is 11.5 Å². The van der Waals surface area contributed by atoms with Gasteiger partial charge in [0.05, 0.1) is 23.0 Å². The Bertz CT molecular complexity index is 1050. The Balaban J connectivity index is 1.72. The summed E-state index contributed by atoms with van der Waals surface area (Å²) in [4.78, 5) is 2.45. The number of rotatable bonds is 7. The first-order chi connectivity index (χ1) is 13.3. The van der Waals surface area contributed by atoms with Gasteiger partial charge < -0.3 is 0 Å². The average molecular weight is 397 g/mol. The molecule has 0 aliphatic rings. The zero-order valence-electron chi connectivity index (χ0n) is 16.2. The normalized spacial score (nSPS) is 12.0. The Kier molecular flexibility index (Phi) is 5.94. The molecule has 0 saturated carbocycles. The van der Waals surface area contributed by atoms with Gasteiger partial charge in [-0.3, -0.25) is 5.10 Å². The van der Waals surface area contributed by atoms with Crippen molar-refractivity contribution in [2.75, 3.05) is 0 Å². The summed E-state index contributed by atoms with van der Waals surface area (Å²) >= 11 is 0. The van der Waals surface area contributed by atoms with Gasteiger partial charge in [-0.1, -0.05) is 55.8 Å². The van der Waals surface area contributed by atoms with E-state index in [-0.39, 0.29) is 4.90 Å². The van der Waals surface area contributed by atoms with Gasteiger partial charge in [-0.25, -0.2) is 4.83 Å². The van der Waals surface area contributed by atoms with Crippen molar-refractivity contribution in [3.63, 3.8) is 0 Å². The van der Waals surface area contributed by atoms with Crippen LogP contribution in [0.2, 0.25) is 0 Å². The summed E-state index contributed by atoms with van der Waals surface area (Å²) in [5.74, 6) is 0.517. The molecule has 3 rings (SSSR count). The van der Waals surface area contributed by atoms with E-state index in [4.69, 9.17) is 0 Å². The summed E-state index contributed by atoms with van der Waals surface area (Å²) in [5.41, 5.74) is 4.69. The summed E-state index contributed by atoms with van der Waals surface area (Å²) in [5, 5.41) is 10.9. The van der Waals surface area contributed by atoms with Gasteiger partial charge in [0.25, 0.3) is 10.0 Å². The van der Waals surface area contributed by atoms with Crippen LogP contribution >= 0.6 is 0 Å². The van der Waals surface area contributed by atoms with Gasteiger partial charge in [-0.15, -0.1) is 0 Å². The van der Waals surface area contributed by atoms with Crippen molar-refractivity contribution >= 4 is 16.2 Å². The second kappa shape index (κ2) is 8.39. The average Bonchev–Trinajstić information content (AvgIpc) is 3.11. The Morgan fingerprint density at radius 1 is 1.11 bits per heavy atom. The lowest BCUT2D eigenvalue weighted by Crippen LogP contribution is -2.18. The summed E-state index contributed by atoms with van der Waals surface area (Å²) in [6.07, 6.45) is 3.96. The Hall–Kier alpha value is -2.93. The smallest absolute Gasteiger partial charge is 0.276 e. The molecular formula is C21H24N4O2S. The molecule has 0 radical (unpaired) electrons. The standard InChI is InChI=1S/C21H24N4O2S/c1-15(2)12-17-6-10-20(11-7-17)28(26,27)25-23-14-19-13-22-24-21(19)18-8-4-16(3)5-9-18/h4-11,13-15,25H,12H2,1-3H3,(H,22,24)/b23-14+. The second-order valence-electron chi connectivity index (χ2n) is 7.16. The number of hydrazone groups is 1. The van der Waals surface area contributed by atoms with Gasteiger partial charge in [0, 0.05) is 11.1 Å². The molecule has 0 saturated heterocycles. The molecule has 0 aliphatic heterocycles. The van der Waals surface area contributed by atoms with Crippen molar-refractivity contribution in [3.8, 4) is 11.3 Å². The molecule has 3 aromatic rings. The van der Waals surface area contributed by atoms with Crippen LogP contribution in [0.1, 0.15) is 30.5 Å². The monoisotopic (exact) mass is 396 g/mol. The lowest BCUT2D eigenvalue weighted by atomic mass is 10.0. The Morgan fingerprint density at radius 2 is 1.79 bits per heavy atom. The molecule has 7 heteroatoms. The van der Waals surface area contributed by atoms with E-state index in [0.717, 1.165) is 28.8 Å². The van der Waals surface area contributed by atoms with Crippen LogP contribution in [-0.4, -0.2) is 24.8 Å². The number of hydrogen-bond donors (Lipinski definition) is 2. The molecule has 28 heavy (non-hydrogen) atoms. The maximum Gasteiger partial charge on any atom is 0.276 e. The van der Waals surface area contributed by atoms with E-state index in [1.807, 2.05) is 43.3 Å². The summed E-state index contributed by atoms with van der Waals surface area (Å²) in [6, 6.07) is 14.8. The number of hydrogen-bond acceptors (Lipinski definition) is 4. The number of aromatic amines is 1. The molecule has 146 valence electrons. The maximum absolute atomic E-state index is 12.4. The van der Waals surface area contributed by atoms with E-state index in [1.54, 1.807) is 18.3 Å². The van der Waals surface area contributed by atoms with Gasteiger partial charge in [0.15, 0.2) is 0 Å². The first-order valence-corrected chi connectivity index (χ1v) is 10.6. The third-order valence-electron chi connectivity index (χ3n) is 4.26. The zero-order chi connectivity index (χ0) is 20.1. The van der Waals surface area contributed by atoms with Crippen LogP contribution in [0.25, 0.3) is 11.3 Å². The first-order valence-electron chi connectivity index (χ1n) is 9.09. The number of aromatic nitrogens is 2. The fourth-order valence-corrected chi connectivity index (χ4v) is 3.63. The lowest BCUT2D eigenvalue weighted by Gasteiger charge is -2.07. The number of nitrogens with zero attached hydrogens (tertiary/aromatic N) is 2. The van der Waals surface area contributed by atoms with Crippen LogP contribution in [0.3, 0.4) is 0 Å². The van der Waals surface area contributed by atoms with E-state index in [9.17, 15) is 8.42 Å². The number of nitrogens with one attached hydrogen (secondary N) is 2. The van der Waals surface area contributed by atoms with Gasteiger partial charge >= 0.3 is 0 Å². The molecule has 0 unspecified atom stereocenters. The van der Waals surface area contributed by atoms with Crippen molar-refractivity contribution in [2.45, 2.75) is 32.1 Å². The molecule has 0 amide bonds. The van der Waals surface area contributed by atoms with E-state index in [2.05, 4.69) is 34.0 Å². The second-order valence-corrected chi connectivity index (χ2v) is 8.82. The van der Waals surface area contributed by atoms with Crippen molar-refractivity contribution in [3.05, 3.63) is 71.4 Å². The maximum atomic E-state index is 12.4. The minimum Gasteiger partial charge on any atom is -0.277 e. The summed E-state index contributed by atoms with van der Waals surface area (Å²) in [6.45, 7) is 6.27.